The number of nitrogens with zero attached hydrogens (tertiary/aromatic N) is 1. The van der Waals surface area contributed by atoms with Gasteiger partial charge < -0.3 is 5.11 Å². The molecule has 1 rings (SSSR count). The fourth-order valence-corrected chi connectivity index (χ4v) is 1.73. The zero-order valence-electron chi connectivity index (χ0n) is 11.1. The molecular formula is C13H21N3O2. The molecule has 1 aromatic rings. The van der Waals surface area contributed by atoms with Crippen LogP contribution in [0.15, 0.2) is 30.3 Å². The van der Waals surface area contributed by atoms with Crippen LogP contribution in [0.4, 0.5) is 0 Å². The third kappa shape index (κ3) is 3.07. The fourth-order valence-electron chi connectivity index (χ4n) is 1.73. The summed E-state index contributed by atoms with van der Waals surface area (Å²) >= 11 is 0. The van der Waals surface area contributed by atoms with Crippen molar-refractivity contribution in [3.05, 3.63) is 35.9 Å². The monoisotopic (exact) mass is 251 g/mol. The summed E-state index contributed by atoms with van der Waals surface area (Å²) in [6, 6.07) is 8.82. The molecule has 1 atom stereocenters. The standard InChI is InChI=1S/C13H21N3O2/c1-13(2,9-17)16(3)11(12(18)15-14)10-7-5-4-6-8-10/h4-8,11,17H,9,14H2,1-3H3,(H,15,18). The molecule has 0 aromatic heterocycles. The Balaban J connectivity index is 3.11. The van der Waals surface area contributed by atoms with Gasteiger partial charge in [-0.1, -0.05) is 30.3 Å². The van der Waals surface area contributed by atoms with Gasteiger partial charge in [0.2, 0.25) is 0 Å². The average Bonchev–Trinajstić information content (AvgIpc) is 2.39. The van der Waals surface area contributed by atoms with Crippen molar-refractivity contribution in [1.82, 2.24) is 10.3 Å². The zero-order chi connectivity index (χ0) is 13.8. The van der Waals surface area contributed by atoms with Gasteiger partial charge in [0.25, 0.3) is 5.91 Å². The summed E-state index contributed by atoms with van der Waals surface area (Å²) in [5, 5.41) is 9.41. The van der Waals surface area contributed by atoms with Crippen LogP contribution in [0.25, 0.3) is 0 Å². The average molecular weight is 251 g/mol. The number of carbonyl (C=O) groups is 1. The molecular weight excluding hydrogens is 230 g/mol. The van der Waals surface area contributed by atoms with Crippen molar-refractivity contribution < 1.29 is 9.90 Å². The van der Waals surface area contributed by atoms with E-state index < -0.39 is 11.6 Å². The van der Waals surface area contributed by atoms with E-state index in [9.17, 15) is 9.90 Å². The number of benzene rings is 1. The van der Waals surface area contributed by atoms with Gasteiger partial charge in [0.1, 0.15) is 6.04 Å². The lowest BCUT2D eigenvalue weighted by molar-refractivity contribution is -0.129. The first-order chi connectivity index (χ1) is 8.44. The van der Waals surface area contributed by atoms with E-state index in [-0.39, 0.29) is 12.5 Å². The predicted molar refractivity (Wildman–Crippen MR) is 70.4 cm³/mol. The third-order valence-electron chi connectivity index (χ3n) is 3.23. The minimum Gasteiger partial charge on any atom is -0.394 e. The molecule has 100 valence electrons. The summed E-state index contributed by atoms with van der Waals surface area (Å²) in [5.74, 6) is 4.94. The van der Waals surface area contributed by atoms with Gasteiger partial charge >= 0.3 is 0 Å². The van der Waals surface area contributed by atoms with Crippen molar-refractivity contribution in [3.8, 4) is 0 Å². The summed E-state index contributed by atoms with van der Waals surface area (Å²) in [4.78, 5) is 13.8. The molecule has 4 N–H and O–H groups in total. The fraction of sp³-hybridized carbons (Fsp3) is 0.462. The van der Waals surface area contributed by atoms with E-state index in [0.717, 1.165) is 5.56 Å². The van der Waals surface area contributed by atoms with Gasteiger partial charge in [0.05, 0.1) is 6.61 Å². The van der Waals surface area contributed by atoms with Crippen molar-refractivity contribution in [2.24, 2.45) is 5.84 Å². The lowest BCUT2D eigenvalue weighted by atomic mass is 9.97. The Labute approximate surface area is 108 Å². The van der Waals surface area contributed by atoms with Gasteiger partial charge in [-0.05, 0) is 26.5 Å². The normalized spacial score (nSPS) is 13.4. The molecule has 1 aromatic carbocycles. The number of rotatable bonds is 5. The maximum atomic E-state index is 12.0. The van der Waals surface area contributed by atoms with Crippen LogP contribution < -0.4 is 11.3 Å². The van der Waals surface area contributed by atoms with Crippen LogP contribution in [-0.2, 0) is 4.79 Å². The van der Waals surface area contributed by atoms with Crippen molar-refractivity contribution in [3.63, 3.8) is 0 Å². The maximum absolute atomic E-state index is 12.0. The first-order valence-corrected chi connectivity index (χ1v) is 5.83. The molecule has 0 aliphatic heterocycles. The lowest BCUT2D eigenvalue weighted by Gasteiger charge is -2.39. The van der Waals surface area contributed by atoms with E-state index in [0.29, 0.717) is 0 Å². The van der Waals surface area contributed by atoms with E-state index in [1.54, 1.807) is 7.05 Å². The molecule has 0 aliphatic carbocycles. The Morgan fingerprint density at radius 3 is 2.44 bits per heavy atom. The van der Waals surface area contributed by atoms with E-state index in [1.807, 2.05) is 49.1 Å². The number of amides is 1. The van der Waals surface area contributed by atoms with Crippen LogP contribution in [0.5, 0.6) is 0 Å². The molecule has 0 saturated carbocycles. The van der Waals surface area contributed by atoms with Crippen LogP contribution >= 0.6 is 0 Å². The van der Waals surface area contributed by atoms with Crippen molar-refractivity contribution in [2.45, 2.75) is 25.4 Å². The number of hydrogen-bond donors (Lipinski definition) is 3. The Morgan fingerprint density at radius 1 is 1.44 bits per heavy atom. The topological polar surface area (TPSA) is 78.6 Å². The molecule has 1 unspecified atom stereocenters. The molecule has 0 heterocycles. The zero-order valence-corrected chi connectivity index (χ0v) is 11.1. The number of aliphatic hydroxyl groups is 1. The third-order valence-corrected chi connectivity index (χ3v) is 3.23. The number of nitrogens with one attached hydrogen (secondary N) is 1. The summed E-state index contributed by atoms with van der Waals surface area (Å²) in [7, 11) is 1.79. The molecule has 0 bridgehead atoms. The molecule has 0 radical (unpaired) electrons. The second-order valence-electron chi connectivity index (χ2n) is 4.90. The van der Waals surface area contributed by atoms with Crippen molar-refractivity contribution in [2.75, 3.05) is 13.7 Å². The van der Waals surface area contributed by atoms with Crippen LogP contribution in [0.2, 0.25) is 0 Å². The van der Waals surface area contributed by atoms with E-state index in [4.69, 9.17) is 5.84 Å². The highest BCUT2D eigenvalue weighted by Gasteiger charge is 2.33. The Kier molecular flexibility index (Phi) is 4.84. The van der Waals surface area contributed by atoms with E-state index in [1.165, 1.54) is 0 Å². The molecule has 0 aliphatic rings. The Hall–Kier alpha value is -1.43. The Bertz CT molecular complexity index is 392. The second kappa shape index (κ2) is 5.95. The lowest BCUT2D eigenvalue weighted by Crippen LogP contribution is -2.51. The smallest absolute Gasteiger partial charge is 0.255 e. The number of hydrazine groups is 1. The van der Waals surface area contributed by atoms with Crippen LogP contribution in [-0.4, -0.2) is 35.1 Å². The minimum absolute atomic E-state index is 0.0509. The van der Waals surface area contributed by atoms with Crippen LogP contribution in [0.1, 0.15) is 25.5 Å². The summed E-state index contributed by atoms with van der Waals surface area (Å²) in [5.41, 5.74) is 2.50. The van der Waals surface area contributed by atoms with Crippen LogP contribution in [0.3, 0.4) is 0 Å². The van der Waals surface area contributed by atoms with Gasteiger partial charge in [0, 0.05) is 5.54 Å². The largest absolute Gasteiger partial charge is 0.394 e. The highest BCUT2D eigenvalue weighted by molar-refractivity contribution is 5.82. The van der Waals surface area contributed by atoms with Crippen molar-refractivity contribution >= 4 is 5.91 Å². The van der Waals surface area contributed by atoms with E-state index in [2.05, 4.69) is 5.43 Å². The quantitative estimate of drug-likeness (QED) is 0.402. The van der Waals surface area contributed by atoms with Crippen LogP contribution in [0, 0.1) is 0 Å². The van der Waals surface area contributed by atoms with Gasteiger partial charge in [-0.2, -0.15) is 0 Å². The van der Waals surface area contributed by atoms with Gasteiger partial charge in [-0.3, -0.25) is 15.1 Å². The molecule has 0 spiro atoms. The molecule has 0 saturated heterocycles. The highest BCUT2D eigenvalue weighted by atomic mass is 16.3. The first-order valence-electron chi connectivity index (χ1n) is 5.83. The molecule has 5 heteroatoms. The Morgan fingerprint density at radius 2 is 2.00 bits per heavy atom. The second-order valence-corrected chi connectivity index (χ2v) is 4.90. The summed E-state index contributed by atoms with van der Waals surface area (Å²) in [6.07, 6.45) is 0. The molecule has 1 amide bonds. The first kappa shape index (κ1) is 14.6. The minimum atomic E-state index is -0.529. The number of nitrogens with two attached hydrogens (primary N) is 1. The SMILES string of the molecule is CN(C(C(=O)NN)c1ccccc1)C(C)(C)CO. The number of carbonyl (C=O) groups excluding carboxylic acids is 1. The van der Waals surface area contributed by atoms with E-state index >= 15 is 0 Å². The molecule has 0 fully saturated rings. The van der Waals surface area contributed by atoms with Gasteiger partial charge in [-0.25, -0.2) is 5.84 Å². The predicted octanol–water partition coefficient (Wildman–Crippen LogP) is 0.420. The molecule has 5 nitrogen and oxygen atoms in total. The summed E-state index contributed by atoms with van der Waals surface area (Å²) < 4.78 is 0. The number of hydrogen-bond acceptors (Lipinski definition) is 4. The number of aliphatic hydroxyl groups excluding tert-OH is 1. The maximum Gasteiger partial charge on any atom is 0.255 e. The highest BCUT2D eigenvalue weighted by Crippen LogP contribution is 2.26. The molecule has 18 heavy (non-hydrogen) atoms. The van der Waals surface area contributed by atoms with Crippen molar-refractivity contribution in [1.29, 1.82) is 0 Å². The van der Waals surface area contributed by atoms with Gasteiger partial charge in [-0.15, -0.1) is 0 Å². The summed E-state index contributed by atoms with van der Waals surface area (Å²) in [6.45, 7) is 3.68. The number of likely N-dealkylation sites (N-methyl/N-ethyl adjacent to an activating group) is 1. The van der Waals surface area contributed by atoms with Gasteiger partial charge in [0.15, 0.2) is 0 Å².